The zero-order valence-electron chi connectivity index (χ0n) is 7.29. The summed E-state index contributed by atoms with van der Waals surface area (Å²) in [5, 5.41) is 2.10. The quantitative estimate of drug-likeness (QED) is 0.640. The van der Waals surface area contributed by atoms with Crippen molar-refractivity contribution in [2.45, 2.75) is 13.0 Å². The molecule has 0 aromatic carbocycles. The van der Waals surface area contributed by atoms with E-state index in [4.69, 9.17) is 6.42 Å². The highest BCUT2D eigenvalue weighted by Gasteiger charge is 1.98. The molecular weight excluding hydrogens is 166 g/mol. The van der Waals surface area contributed by atoms with Gasteiger partial charge in [0.15, 0.2) is 0 Å². The van der Waals surface area contributed by atoms with E-state index in [1.54, 1.807) is 11.3 Å². The minimum Gasteiger partial charge on any atom is -0.300 e. The monoisotopic (exact) mass is 179 g/mol. The van der Waals surface area contributed by atoms with Crippen LogP contribution in [0.1, 0.15) is 11.3 Å². The van der Waals surface area contributed by atoms with Crippen LogP contribution in [0.3, 0.4) is 0 Å². The maximum Gasteiger partial charge on any atom is 0.0325 e. The van der Waals surface area contributed by atoms with Crippen LogP contribution in [-0.2, 0) is 6.54 Å². The van der Waals surface area contributed by atoms with Crippen molar-refractivity contribution in [3.63, 3.8) is 0 Å². The van der Waals surface area contributed by atoms with E-state index in [9.17, 15) is 0 Å². The van der Waals surface area contributed by atoms with Gasteiger partial charge in [-0.2, -0.15) is 0 Å². The Morgan fingerprint density at radius 2 is 2.50 bits per heavy atom. The second kappa shape index (κ2) is 4.97. The molecule has 0 unspecified atom stereocenters. The zero-order valence-corrected chi connectivity index (χ0v) is 8.10. The van der Waals surface area contributed by atoms with Crippen LogP contribution in [0.5, 0.6) is 0 Å². The fourth-order valence-corrected chi connectivity index (χ4v) is 1.79. The van der Waals surface area contributed by atoms with Crippen LogP contribution in [0.2, 0.25) is 0 Å². The Kier molecular flexibility index (Phi) is 3.86. The number of hydrogen-bond donors (Lipinski definition) is 0. The van der Waals surface area contributed by atoms with Gasteiger partial charge in [0.2, 0.25) is 0 Å². The second-order valence-corrected chi connectivity index (χ2v) is 3.80. The first-order chi connectivity index (χ1) is 5.83. The maximum atomic E-state index is 5.18. The van der Waals surface area contributed by atoms with E-state index < -0.39 is 0 Å². The van der Waals surface area contributed by atoms with Crippen LogP contribution >= 0.6 is 11.3 Å². The first-order valence-electron chi connectivity index (χ1n) is 3.97. The first kappa shape index (κ1) is 9.31. The molecular formula is C10H13NS. The lowest BCUT2D eigenvalue weighted by atomic mass is 10.4. The van der Waals surface area contributed by atoms with Gasteiger partial charge in [0, 0.05) is 24.4 Å². The molecule has 64 valence electrons. The topological polar surface area (TPSA) is 3.24 Å². The van der Waals surface area contributed by atoms with Crippen LogP contribution in [0, 0.1) is 12.3 Å². The van der Waals surface area contributed by atoms with Crippen molar-refractivity contribution in [2.75, 3.05) is 13.6 Å². The Balaban J connectivity index is 2.28. The Morgan fingerprint density at radius 3 is 3.08 bits per heavy atom. The van der Waals surface area contributed by atoms with Crippen LogP contribution in [0.25, 0.3) is 0 Å². The lowest BCUT2D eigenvalue weighted by Crippen LogP contribution is -2.17. The number of nitrogens with zero attached hydrogens (tertiary/aromatic N) is 1. The third kappa shape index (κ3) is 3.08. The molecule has 0 aliphatic heterocycles. The van der Waals surface area contributed by atoms with Gasteiger partial charge in [-0.3, -0.25) is 0 Å². The van der Waals surface area contributed by atoms with E-state index >= 15 is 0 Å². The molecule has 0 N–H and O–H groups in total. The minimum absolute atomic E-state index is 0.835. The highest BCUT2D eigenvalue weighted by atomic mass is 32.1. The molecule has 1 rings (SSSR count). The Hall–Kier alpha value is -0.780. The molecule has 0 bridgehead atoms. The lowest BCUT2D eigenvalue weighted by molar-refractivity contribution is 0.338. The molecule has 12 heavy (non-hydrogen) atoms. The second-order valence-electron chi connectivity index (χ2n) is 2.77. The Bertz CT molecular complexity index is 245. The molecule has 0 saturated heterocycles. The van der Waals surface area contributed by atoms with Gasteiger partial charge in [-0.05, 0) is 18.5 Å². The lowest BCUT2D eigenvalue weighted by Gasteiger charge is -2.12. The molecule has 1 heterocycles. The predicted molar refractivity (Wildman–Crippen MR) is 54.1 cm³/mol. The van der Waals surface area contributed by atoms with Crippen molar-refractivity contribution in [1.29, 1.82) is 0 Å². The van der Waals surface area contributed by atoms with Gasteiger partial charge in [-0.1, -0.05) is 6.07 Å². The van der Waals surface area contributed by atoms with Gasteiger partial charge in [0.05, 0.1) is 0 Å². The molecule has 0 atom stereocenters. The van der Waals surface area contributed by atoms with E-state index in [1.807, 2.05) is 0 Å². The Morgan fingerprint density at radius 1 is 1.67 bits per heavy atom. The highest BCUT2D eigenvalue weighted by Crippen LogP contribution is 2.10. The molecule has 0 aliphatic carbocycles. The third-order valence-electron chi connectivity index (χ3n) is 1.64. The summed E-state index contributed by atoms with van der Waals surface area (Å²) in [6, 6.07) is 4.23. The molecule has 0 fully saturated rings. The van der Waals surface area contributed by atoms with Gasteiger partial charge in [0.1, 0.15) is 0 Å². The average molecular weight is 179 g/mol. The minimum atomic E-state index is 0.835. The van der Waals surface area contributed by atoms with Crippen molar-refractivity contribution < 1.29 is 0 Å². The predicted octanol–water partition coefficient (Wildman–Crippen LogP) is 2.20. The van der Waals surface area contributed by atoms with Crippen molar-refractivity contribution >= 4 is 11.3 Å². The van der Waals surface area contributed by atoms with Crippen LogP contribution in [-0.4, -0.2) is 18.5 Å². The SMILES string of the molecule is C#CCCN(C)Cc1cccs1. The summed E-state index contributed by atoms with van der Waals surface area (Å²) < 4.78 is 0. The van der Waals surface area contributed by atoms with Crippen molar-refractivity contribution in [3.8, 4) is 12.3 Å². The van der Waals surface area contributed by atoms with E-state index in [2.05, 4.69) is 35.4 Å². The summed E-state index contributed by atoms with van der Waals surface area (Å²) >= 11 is 1.79. The van der Waals surface area contributed by atoms with E-state index in [-0.39, 0.29) is 0 Å². The molecule has 0 spiro atoms. The molecule has 2 heteroatoms. The summed E-state index contributed by atoms with van der Waals surface area (Å²) in [4.78, 5) is 3.64. The molecule has 0 amide bonds. The van der Waals surface area contributed by atoms with Crippen molar-refractivity contribution in [1.82, 2.24) is 4.90 Å². The van der Waals surface area contributed by atoms with Gasteiger partial charge >= 0.3 is 0 Å². The molecule has 1 aromatic rings. The number of terminal acetylenes is 1. The fourth-order valence-electron chi connectivity index (χ4n) is 1.00. The molecule has 0 aliphatic rings. The molecule has 1 aromatic heterocycles. The van der Waals surface area contributed by atoms with E-state index in [1.165, 1.54) is 4.88 Å². The van der Waals surface area contributed by atoms with Gasteiger partial charge in [-0.15, -0.1) is 23.7 Å². The van der Waals surface area contributed by atoms with Crippen molar-refractivity contribution in [3.05, 3.63) is 22.4 Å². The van der Waals surface area contributed by atoms with Crippen LogP contribution < -0.4 is 0 Å². The molecule has 0 saturated carbocycles. The van der Waals surface area contributed by atoms with E-state index in [0.29, 0.717) is 0 Å². The third-order valence-corrected chi connectivity index (χ3v) is 2.50. The standard InChI is InChI=1S/C10H13NS/c1-3-4-7-11(2)9-10-6-5-8-12-10/h1,5-6,8H,4,7,9H2,2H3. The van der Waals surface area contributed by atoms with Crippen LogP contribution in [0.15, 0.2) is 17.5 Å². The summed E-state index contributed by atoms with van der Waals surface area (Å²) in [5.41, 5.74) is 0. The average Bonchev–Trinajstić information content (AvgIpc) is 2.53. The van der Waals surface area contributed by atoms with Crippen LogP contribution in [0.4, 0.5) is 0 Å². The summed E-state index contributed by atoms with van der Waals surface area (Å²) in [5.74, 6) is 2.64. The summed E-state index contributed by atoms with van der Waals surface area (Å²) in [6.07, 6.45) is 6.01. The summed E-state index contributed by atoms with van der Waals surface area (Å²) in [7, 11) is 2.09. The Labute approximate surface area is 78.0 Å². The first-order valence-corrected chi connectivity index (χ1v) is 4.85. The number of thiophene rings is 1. The number of rotatable bonds is 4. The molecule has 0 radical (unpaired) electrons. The van der Waals surface area contributed by atoms with Crippen molar-refractivity contribution in [2.24, 2.45) is 0 Å². The fraction of sp³-hybridized carbons (Fsp3) is 0.400. The highest BCUT2D eigenvalue weighted by molar-refractivity contribution is 7.09. The normalized spacial score (nSPS) is 10.1. The zero-order chi connectivity index (χ0) is 8.81. The number of hydrogen-bond acceptors (Lipinski definition) is 2. The van der Waals surface area contributed by atoms with Gasteiger partial charge in [0.25, 0.3) is 0 Å². The van der Waals surface area contributed by atoms with E-state index in [0.717, 1.165) is 19.5 Å². The smallest absolute Gasteiger partial charge is 0.0325 e. The molecule has 1 nitrogen and oxygen atoms in total. The summed E-state index contributed by atoms with van der Waals surface area (Å²) in [6.45, 7) is 1.99. The van der Waals surface area contributed by atoms with Gasteiger partial charge < -0.3 is 4.90 Å². The maximum absolute atomic E-state index is 5.18. The van der Waals surface area contributed by atoms with Gasteiger partial charge in [-0.25, -0.2) is 0 Å². The largest absolute Gasteiger partial charge is 0.300 e.